The van der Waals surface area contributed by atoms with E-state index in [9.17, 15) is 18.4 Å². The summed E-state index contributed by atoms with van der Waals surface area (Å²) in [5.74, 6) is -3.41. The topological polar surface area (TPSA) is 106 Å². The quantitative estimate of drug-likeness (QED) is 0.830. The molecule has 10 heteroatoms. The van der Waals surface area contributed by atoms with E-state index in [4.69, 9.17) is 19.9 Å². The molecule has 1 saturated heterocycles. The van der Waals surface area contributed by atoms with E-state index >= 15 is 0 Å². The van der Waals surface area contributed by atoms with Crippen LogP contribution in [0, 0.1) is 0 Å². The molecule has 1 aromatic heterocycles. The summed E-state index contributed by atoms with van der Waals surface area (Å²) in [5, 5.41) is 0. The summed E-state index contributed by atoms with van der Waals surface area (Å²) in [6.45, 7) is 4.51. The van der Waals surface area contributed by atoms with Crippen LogP contribution < -0.4 is 11.4 Å². The fraction of sp³-hybridized carbons (Fsp3) is 0.643. The van der Waals surface area contributed by atoms with Gasteiger partial charge in [-0.25, -0.2) is 18.4 Å². The number of alkyl halides is 2. The van der Waals surface area contributed by atoms with Gasteiger partial charge in [0, 0.05) is 12.6 Å². The van der Waals surface area contributed by atoms with Crippen LogP contribution in [0.4, 0.5) is 19.4 Å². The number of nitrogens with zero attached hydrogens (tertiary/aromatic N) is 2. The second kappa shape index (κ2) is 6.34. The summed E-state index contributed by atoms with van der Waals surface area (Å²) in [6.07, 6.45) is -3.53. The molecule has 2 N–H and O–H groups in total. The zero-order chi connectivity index (χ0) is 18.1. The van der Waals surface area contributed by atoms with Crippen LogP contribution in [-0.2, 0) is 14.2 Å². The lowest BCUT2D eigenvalue weighted by molar-refractivity contribution is -0.122. The number of halogens is 2. The largest absolute Gasteiger partial charge is 0.508 e. The Morgan fingerprint density at radius 2 is 2.21 bits per heavy atom. The van der Waals surface area contributed by atoms with Gasteiger partial charge in [0.25, 0.3) is 5.92 Å². The van der Waals surface area contributed by atoms with Crippen molar-refractivity contribution in [1.82, 2.24) is 9.55 Å². The van der Waals surface area contributed by atoms with E-state index < -0.39 is 48.7 Å². The van der Waals surface area contributed by atoms with Gasteiger partial charge in [0.05, 0.1) is 0 Å². The van der Waals surface area contributed by atoms with Crippen molar-refractivity contribution < 1.29 is 27.8 Å². The minimum absolute atomic E-state index is 0.0811. The van der Waals surface area contributed by atoms with Gasteiger partial charge in [-0.3, -0.25) is 4.57 Å². The van der Waals surface area contributed by atoms with Crippen LogP contribution in [0.3, 0.4) is 0 Å². The summed E-state index contributed by atoms with van der Waals surface area (Å²) in [6, 6.07) is 1.21. The van der Waals surface area contributed by atoms with Crippen molar-refractivity contribution in [2.75, 3.05) is 12.3 Å². The van der Waals surface area contributed by atoms with Gasteiger partial charge >= 0.3 is 11.8 Å². The molecule has 2 atom stereocenters. The number of aromatic nitrogens is 2. The van der Waals surface area contributed by atoms with Crippen LogP contribution in [0.1, 0.15) is 33.4 Å². The Labute approximate surface area is 136 Å². The van der Waals surface area contributed by atoms with Crippen LogP contribution >= 0.6 is 0 Å². The lowest BCUT2D eigenvalue weighted by atomic mass is 10.2. The van der Waals surface area contributed by atoms with Crippen LogP contribution in [0.25, 0.3) is 0 Å². The second-order valence-electron chi connectivity index (χ2n) is 6.39. The minimum Gasteiger partial charge on any atom is -0.432 e. The van der Waals surface area contributed by atoms with Gasteiger partial charge in [-0.15, -0.1) is 0 Å². The van der Waals surface area contributed by atoms with Gasteiger partial charge in [0.15, 0.2) is 0 Å². The molecule has 2 rings (SSSR count). The molecule has 8 nitrogen and oxygen atoms in total. The SMILES string of the molecule is CC(C)(C)OC(=O)OC[C@H]1CC(F)(F)C(n2ccc(N)nc2=O)O1. The van der Waals surface area contributed by atoms with E-state index in [2.05, 4.69) is 4.98 Å². The first kappa shape index (κ1) is 18.1. The molecule has 0 radical (unpaired) electrons. The standard InChI is InChI=1S/C14H19F2N3O5/c1-13(2,3)24-12(21)22-7-8-6-14(15,16)10(23-8)19-5-4-9(17)18-11(19)20/h4-5,8,10H,6-7H2,1-3H3,(H2,17,18,20)/t8-,10?/m1/s1. The summed E-state index contributed by atoms with van der Waals surface area (Å²) < 4.78 is 43.7. The predicted molar refractivity (Wildman–Crippen MR) is 78.6 cm³/mol. The maximum Gasteiger partial charge on any atom is 0.508 e. The normalized spacial score (nSPS) is 23.0. The van der Waals surface area contributed by atoms with Gasteiger partial charge in [0.1, 0.15) is 24.1 Å². The van der Waals surface area contributed by atoms with Gasteiger partial charge in [-0.2, -0.15) is 4.98 Å². The molecule has 0 aromatic carbocycles. The fourth-order valence-electron chi connectivity index (χ4n) is 2.15. The van der Waals surface area contributed by atoms with Crippen molar-refractivity contribution in [1.29, 1.82) is 0 Å². The third kappa shape index (κ3) is 4.40. The molecule has 134 valence electrons. The number of carbonyl (C=O) groups excluding carboxylic acids is 1. The van der Waals surface area contributed by atoms with Crippen LogP contribution in [0.2, 0.25) is 0 Å². The number of hydrogen-bond donors (Lipinski definition) is 1. The molecule has 24 heavy (non-hydrogen) atoms. The lowest BCUT2D eigenvalue weighted by Gasteiger charge is -2.20. The summed E-state index contributed by atoms with van der Waals surface area (Å²) in [5.41, 5.74) is 3.62. The average Bonchev–Trinajstić information content (AvgIpc) is 2.70. The van der Waals surface area contributed by atoms with Crippen molar-refractivity contribution in [3.8, 4) is 0 Å². The van der Waals surface area contributed by atoms with Gasteiger partial charge < -0.3 is 19.9 Å². The maximum atomic E-state index is 14.1. The van der Waals surface area contributed by atoms with Gasteiger partial charge in [-0.1, -0.05) is 0 Å². The minimum atomic E-state index is -3.33. The molecule has 0 saturated carbocycles. The molecule has 0 bridgehead atoms. The molecule has 0 aliphatic carbocycles. The highest BCUT2D eigenvalue weighted by Gasteiger charge is 2.52. The Hall–Kier alpha value is -2.23. The number of anilines is 1. The number of nitrogens with two attached hydrogens (primary N) is 1. The Morgan fingerprint density at radius 3 is 2.79 bits per heavy atom. The van der Waals surface area contributed by atoms with E-state index in [-0.39, 0.29) is 5.82 Å². The number of carbonyl (C=O) groups is 1. The van der Waals surface area contributed by atoms with E-state index in [0.29, 0.717) is 4.57 Å². The monoisotopic (exact) mass is 347 g/mol. The van der Waals surface area contributed by atoms with Crippen molar-refractivity contribution in [2.45, 2.75) is 51.0 Å². The van der Waals surface area contributed by atoms with E-state index in [1.54, 1.807) is 20.8 Å². The molecule has 1 aliphatic rings. The number of nitrogen functional groups attached to an aromatic ring is 1. The van der Waals surface area contributed by atoms with E-state index in [1.807, 2.05) is 0 Å². The maximum absolute atomic E-state index is 14.1. The summed E-state index contributed by atoms with van der Waals surface area (Å²) in [4.78, 5) is 26.5. The van der Waals surface area contributed by atoms with Crippen molar-refractivity contribution >= 4 is 12.0 Å². The third-order valence-corrected chi connectivity index (χ3v) is 3.06. The summed E-state index contributed by atoms with van der Waals surface area (Å²) in [7, 11) is 0. The lowest BCUT2D eigenvalue weighted by Crippen LogP contribution is -2.35. The van der Waals surface area contributed by atoms with Crippen molar-refractivity contribution in [3.05, 3.63) is 22.7 Å². The molecule has 1 aromatic rings. The number of ether oxygens (including phenoxy) is 3. The zero-order valence-corrected chi connectivity index (χ0v) is 13.5. The molecular weight excluding hydrogens is 328 g/mol. The van der Waals surface area contributed by atoms with Crippen LogP contribution in [0.5, 0.6) is 0 Å². The Morgan fingerprint density at radius 1 is 1.54 bits per heavy atom. The third-order valence-electron chi connectivity index (χ3n) is 3.06. The van der Waals surface area contributed by atoms with Crippen molar-refractivity contribution in [3.63, 3.8) is 0 Å². The molecule has 1 aliphatic heterocycles. The first-order valence-corrected chi connectivity index (χ1v) is 7.22. The molecular formula is C14H19F2N3O5. The first-order valence-electron chi connectivity index (χ1n) is 7.22. The Balaban J connectivity index is 2.02. The average molecular weight is 347 g/mol. The highest BCUT2D eigenvalue weighted by atomic mass is 19.3. The number of hydrogen-bond acceptors (Lipinski definition) is 7. The van der Waals surface area contributed by atoms with E-state index in [0.717, 1.165) is 6.20 Å². The zero-order valence-electron chi connectivity index (χ0n) is 13.5. The summed E-state index contributed by atoms with van der Waals surface area (Å²) >= 11 is 0. The highest BCUT2D eigenvalue weighted by molar-refractivity contribution is 5.60. The van der Waals surface area contributed by atoms with Gasteiger partial charge in [0.2, 0.25) is 6.23 Å². The van der Waals surface area contributed by atoms with Crippen LogP contribution in [-0.4, -0.2) is 39.9 Å². The molecule has 2 heterocycles. The second-order valence-corrected chi connectivity index (χ2v) is 6.39. The van der Waals surface area contributed by atoms with E-state index in [1.165, 1.54) is 6.07 Å². The Bertz CT molecular complexity index is 671. The first-order chi connectivity index (χ1) is 11.0. The van der Waals surface area contributed by atoms with Gasteiger partial charge in [-0.05, 0) is 26.8 Å². The molecule has 0 spiro atoms. The predicted octanol–water partition coefficient (Wildman–Crippen LogP) is 1.70. The highest BCUT2D eigenvalue weighted by Crippen LogP contribution is 2.41. The Kier molecular flexibility index (Phi) is 4.79. The molecule has 1 unspecified atom stereocenters. The number of rotatable bonds is 3. The fourth-order valence-corrected chi connectivity index (χ4v) is 2.15. The van der Waals surface area contributed by atoms with Crippen molar-refractivity contribution in [2.24, 2.45) is 0 Å². The van der Waals surface area contributed by atoms with Crippen LogP contribution in [0.15, 0.2) is 17.1 Å². The molecule has 1 fully saturated rings. The smallest absolute Gasteiger partial charge is 0.432 e. The molecule has 0 amide bonds.